The fraction of sp³-hybridized carbons (Fsp3) is 0.385. The average Bonchev–Trinajstić information content (AvgIpc) is 3.04. The van der Waals surface area contributed by atoms with E-state index in [9.17, 15) is 0 Å². The summed E-state index contributed by atoms with van der Waals surface area (Å²) in [5.41, 5.74) is 8.22. The Morgan fingerprint density at radius 2 is 2.17 bits per heavy atom. The molecule has 0 saturated heterocycles. The summed E-state index contributed by atoms with van der Waals surface area (Å²) in [6.45, 7) is 0.564. The first kappa shape index (κ1) is 11.2. The average molecular weight is 245 g/mol. The number of hydrogen-bond donors (Lipinski definition) is 1. The highest BCUT2D eigenvalue weighted by atomic mass is 16.5. The highest BCUT2D eigenvalue weighted by Crippen LogP contribution is 2.26. The molecule has 94 valence electrons. The summed E-state index contributed by atoms with van der Waals surface area (Å²) in [5.74, 6) is 1.81. The molecule has 1 aromatic carbocycles. The van der Waals surface area contributed by atoms with E-state index in [-0.39, 0.29) is 6.54 Å². The molecule has 2 aromatic rings. The molecule has 0 spiro atoms. The van der Waals surface area contributed by atoms with Crippen LogP contribution in [0.4, 0.5) is 0 Å². The smallest absolute Gasteiger partial charge is 0.240 e. The molecular weight excluding hydrogens is 230 g/mol. The van der Waals surface area contributed by atoms with E-state index in [2.05, 4.69) is 22.3 Å². The van der Waals surface area contributed by atoms with Crippen molar-refractivity contribution in [3.8, 4) is 5.75 Å². The van der Waals surface area contributed by atoms with Crippen molar-refractivity contribution in [2.45, 2.75) is 32.4 Å². The molecule has 5 heteroatoms. The van der Waals surface area contributed by atoms with Crippen LogP contribution in [0.3, 0.4) is 0 Å². The Hall–Kier alpha value is -1.88. The first-order valence-corrected chi connectivity index (χ1v) is 6.11. The number of ether oxygens (including phenoxy) is 1. The molecule has 0 aliphatic heterocycles. The monoisotopic (exact) mass is 245 g/mol. The first-order valence-electron chi connectivity index (χ1n) is 6.11. The third kappa shape index (κ3) is 2.22. The van der Waals surface area contributed by atoms with Gasteiger partial charge < -0.3 is 15.0 Å². The largest absolute Gasteiger partial charge is 0.485 e. The van der Waals surface area contributed by atoms with Crippen molar-refractivity contribution in [3.05, 3.63) is 41.0 Å². The topological polar surface area (TPSA) is 74.2 Å². The third-order valence-electron chi connectivity index (χ3n) is 3.12. The second-order valence-corrected chi connectivity index (χ2v) is 4.38. The summed E-state index contributed by atoms with van der Waals surface area (Å²) in [4.78, 5) is 4.09. The fourth-order valence-corrected chi connectivity index (χ4v) is 2.22. The van der Waals surface area contributed by atoms with Gasteiger partial charge in [-0.25, -0.2) is 0 Å². The fourth-order valence-electron chi connectivity index (χ4n) is 2.22. The van der Waals surface area contributed by atoms with Gasteiger partial charge in [0, 0.05) is 0 Å². The zero-order valence-electron chi connectivity index (χ0n) is 10.1. The number of nitrogens with zero attached hydrogens (tertiary/aromatic N) is 2. The number of rotatable bonds is 4. The Kier molecular flexibility index (Phi) is 2.98. The molecule has 1 aromatic heterocycles. The SMILES string of the molecule is NCc1nc(COc2ccc3c(c2)CCC3)no1. The molecule has 18 heavy (non-hydrogen) atoms. The van der Waals surface area contributed by atoms with Crippen molar-refractivity contribution in [2.24, 2.45) is 5.73 Å². The number of hydrogen-bond acceptors (Lipinski definition) is 5. The molecule has 0 bridgehead atoms. The standard InChI is InChI=1S/C13H15N3O2/c14-7-13-15-12(16-18-13)8-17-11-5-4-9-2-1-3-10(9)6-11/h4-6H,1-3,7-8,14H2. The van der Waals surface area contributed by atoms with Crippen LogP contribution in [0.15, 0.2) is 22.7 Å². The summed E-state index contributed by atoms with van der Waals surface area (Å²) in [6, 6.07) is 6.24. The van der Waals surface area contributed by atoms with Crippen LogP contribution in [0.2, 0.25) is 0 Å². The van der Waals surface area contributed by atoms with Crippen LogP contribution in [0.1, 0.15) is 29.3 Å². The van der Waals surface area contributed by atoms with E-state index in [1.54, 1.807) is 0 Å². The molecule has 0 unspecified atom stereocenters. The van der Waals surface area contributed by atoms with Gasteiger partial charge in [-0.05, 0) is 42.5 Å². The van der Waals surface area contributed by atoms with Crippen LogP contribution in [-0.2, 0) is 26.0 Å². The maximum Gasteiger partial charge on any atom is 0.240 e. The van der Waals surface area contributed by atoms with Gasteiger partial charge in [0.2, 0.25) is 11.7 Å². The number of aromatic nitrogens is 2. The minimum atomic E-state index is 0.256. The van der Waals surface area contributed by atoms with E-state index in [4.69, 9.17) is 15.0 Å². The van der Waals surface area contributed by atoms with Crippen molar-refractivity contribution in [2.75, 3.05) is 0 Å². The Balaban J connectivity index is 1.66. The van der Waals surface area contributed by atoms with E-state index in [0.717, 1.165) is 12.2 Å². The van der Waals surface area contributed by atoms with E-state index in [1.807, 2.05) is 6.07 Å². The summed E-state index contributed by atoms with van der Waals surface area (Å²) in [6.07, 6.45) is 3.57. The molecule has 0 fully saturated rings. The normalized spacial score (nSPS) is 13.6. The molecule has 1 aliphatic rings. The number of aryl methyl sites for hydroxylation is 2. The molecule has 0 atom stereocenters. The van der Waals surface area contributed by atoms with Crippen LogP contribution < -0.4 is 10.5 Å². The lowest BCUT2D eigenvalue weighted by Gasteiger charge is -2.05. The van der Waals surface area contributed by atoms with Gasteiger partial charge in [-0.1, -0.05) is 11.2 Å². The maximum atomic E-state index is 5.65. The Bertz CT molecular complexity index is 551. The molecule has 5 nitrogen and oxygen atoms in total. The van der Waals surface area contributed by atoms with Crippen molar-refractivity contribution in [1.29, 1.82) is 0 Å². The predicted octanol–water partition coefficient (Wildman–Crippen LogP) is 1.60. The van der Waals surface area contributed by atoms with Crippen LogP contribution in [0, 0.1) is 0 Å². The lowest BCUT2D eigenvalue weighted by molar-refractivity contribution is 0.285. The number of fused-ring (bicyclic) bond motifs is 1. The predicted molar refractivity (Wildman–Crippen MR) is 65.0 cm³/mol. The van der Waals surface area contributed by atoms with E-state index in [0.29, 0.717) is 18.3 Å². The zero-order chi connectivity index (χ0) is 12.4. The quantitative estimate of drug-likeness (QED) is 0.885. The van der Waals surface area contributed by atoms with Crippen molar-refractivity contribution in [1.82, 2.24) is 10.1 Å². The van der Waals surface area contributed by atoms with Gasteiger partial charge in [-0.3, -0.25) is 0 Å². The van der Waals surface area contributed by atoms with Gasteiger partial charge in [0.05, 0.1) is 6.54 Å². The van der Waals surface area contributed by atoms with Crippen LogP contribution in [0.25, 0.3) is 0 Å². The third-order valence-corrected chi connectivity index (χ3v) is 3.12. The first-order chi connectivity index (χ1) is 8.85. The molecule has 2 N–H and O–H groups in total. The second-order valence-electron chi connectivity index (χ2n) is 4.38. The molecular formula is C13H15N3O2. The van der Waals surface area contributed by atoms with Gasteiger partial charge in [-0.15, -0.1) is 0 Å². The summed E-state index contributed by atoms with van der Waals surface area (Å²) < 4.78 is 10.6. The van der Waals surface area contributed by atoms with Gasteiger partial charge in [-0.2, -0.15) is 4.98 Å². The van der Waals surface area contributed by atoms with Gasteiger partial charge >= 0.3 is 0 Å². The van der Waals surface area contributed by atoms with E-state index >= 15 is 0 Å². The lowest BCUT2D eigenvalue weighted by Crippen LogP contribution is -2.00. The minimum Gasteiger partial charge on any atom is -0.485 e. The van der Waals surface area contributed by atoms with E-state index in [1.165, 1.54) is 24.0 Å². The van der Waals surface area contributed by atoms with Gasteiger partial charge in [0.1, 0.15) is 5.75 Å². The van der Waals surface area contributed by atoms with Gasteiger partial charge in [0.15, 0.2) is 6.61 Å². The zero-order valence-corrected chi connectivity index (χ0v) is 10.1. The summed E-state index contributed by atoms with van der Waals surface area (Å²) in [7, 11) is 0. The lowest BCUT2D eigenvalue weighted by atomic mass is 10.1. The van der Waals surface area contributed by atoms with Gasteiger partial charge in [0.25, 0.3) is 0 Å². The van der Waals surface area contributed by atoms with Crippen LogP contribution in [0.5, 0.6) is 5.75 Å². The molecule has 0 amide bonds. The highest BCUT2D eigenvalue weighted by Gasteiger charge is 2.12. The van der Waals surface area contributed by atoms with Crippen molar-refractivity contribution in [3.63, 3.8) is 0 Å². The van der Waals surface area contributed by atoms with Crippen LogP contribution in [-0.4, -0.2) is 10.1 Å². The number of nitrogens with two attached hydrogens (primary N) is 1. The Morgan fingerprint density at radius 3 is 3.00 bits per heavy atom. The highest BCUT2D eigenvalue weighted by molar-refractivity contribution is 5.38. The number of benzene rings is 1. The Labute approximate surface area is 105 Å². The molecule has 0 saturated carbocycles. The molecule has 1 aliphatic carbocycles. The summed E-state index contributed by atoms with van der Waals surface area (Å²) in [5, 5.41) is 3.78. The molecule has 3 rings (SSSR count). The Morgan fingerprint density at radius 1 is 1.28 bits per heavy atom. The maximum absolute atomic E-state index is 5.65. The second kappa shape index (κ2) is 4.78. The van der Waals surface area contributed by atoms with Crippen molar-refractivity contribution >= 4 is 0 Å². The van der Waals surface area contributed by atoms with E-state index < -0.39 is 0 Å². The molecule has 0 radical (unpaired) electrons. The minimum absolute atomic E-state index is 0.256. The van der Waals surface area contributed by atoms with Crippen LogP contribution >= 0.6 is 0 Å². The van der Waals surface area contributed by atoms with Crippen molar-refractivity contribution < 1.29 is 9.26 Å². The summed E-state index contributed by atoms with van der Waals surface area (Å²) >= 11 is 0. The molecule has 1 heterocycles.